The smallest absolute Gasteiger partial charge is 0.358 e. The molecule has 0 radical (unpaired) electrons. The first kappa shape index (κ1) is 26.4. The van der Waals surface area contributed by atoms with E-state index in [0.717, 1.165) is 6.04 Å². The summed E-state index contributed by atoms with van der Waals surface area (Å²) >= 11 is 0. The van der Waals surface area contributed by atoms with Crippen molar-refractivity contribution in [1.82, 2.24) is 39.3 Å². The topological polar surface area (TPSA) is 135 Å². The minimum Gasteiger partial charge on any atom is -0.476 e. The van der Waals surface area contributed by atoms with Crippen LogP contribution >= 0.6 is 0 Å². The van der Waals surface area contributed by atoms with Gasteiger partial charge in [0.2, 0.25) is 0 Å². The van der Waals surface area contributed by atoms with Gasteiger partial charge in [0, 0.05) is 57.0 Å². The second-order valence-electron chi connectivity index (χ2n) is 12.3. The molecule has 14 heteroatoms. The van der Waals surface area contributed by atoms with E-state index in [4.69, 9.17) is 18.6 Å². The van der Waals surface area contributed by atoms with Crippen LogP contribution < -0.4 is 0 Å². The summed E-state index contributed by atoms with van der Waals surface area (Å²) in [4.78, 5) is 22.1. The molecule has 5 aromatic heterocycles. The highest BCUT2D eigenvalue weighted by Gasteiger charge is 2.36. The lowest BCUT2D eigenvalue weighted by Gasteiger charge is -2.32. The van der Waals surface area contributed by atoms with Crippen molar-refractivity contribution in [2.45, 2.75) is 58.2 Å². The number of ether oxygens (including phenoxy) is 2. The van der Waals surface area contributed by atoms with Crippen molar-refractivity contribution in [2.75, 3.05) is 19.8 Å². The van der Waals surface area contributed by atoms with Crippen LogP contribution in [-0.2, 0) is 23.3 Å². The van der Waals surface area contributed by atoms with Crippen LogP contribution in [0.25, 0.3) is 33.3 Å². The second-order valence-corrected chi connectivity index (χ2v) is 18.0. The molecule has 1 aliphatic heterocycles. The molecule has 1 unspecified atom stereocenters. The van der Waals surface area contributed by atoms with Gasteiger partial charge < -0.3 is 19.1 Å². The fourth-order valence-electron chi connectivity index (χ4n) is 5.92. The summed E-state index contributed by atoms with van der Waals surface area (Å²) in [7, 11) is 0.183. The average molecular weight is 624 g/mol. The Morgan fingerprint density at radius 3 is 2.77 bits per heavy atom. The molecule has 5 aromatic rings. The van der Waals surface area contributed by atoms with E-state index < -0.39 is 32.8 Å². The summed E-state index contributed by atoms with van der Waals surface area (Å²) in [6.45, 7) is 5.50. The van der Waals surface area contributed by atoms with Crippen molar-refractivity contribution in [2.24, 2.45) is 13.0 Å². The van der Waals surface area contributed by atoms with E-state index in [-0.39, 0.29) is 40.9 Å². The molecule has 232 valence electrons. The van der Waals surface area contributed by atoms with Crippen molar-refractivity contribution in [3.05, 3.63) is 53.5 Å². The minimum absolute atomic E-state index is 0.0223. The molecule has 0 aliphatic carbocycles. The van der Waals surface area contributed by atoms with Crippen LogP contribution in [0.2, 0.25) is 25.7 Å². The molecule has 1 N–H and O–H groups in total. The van der Waals surface area contributed by atoms with Crippen molar-refractivity contribution in [1.29, 1.82) is 0 Å². The van der Waals surface area contributed by atoms with Crippen LogP contribution in [0.5, 0.6) is 0 Å². The van der Waals surface area contributed by atoms with E-state index >= 15 is 4.39 Å². The molecule has 0 saturated carbocycles. The lowest BCUT2D eigenvalue weighted by molar-refractivity contribution is 0.0541. The number of aromatic carboxylic acids is 1. The van der Waals surface area contributed by atoms with Crippen molar-refractivity contribution >= 4 is 36.1 Å². The Kier molecular flexibility index (Phi) is 7.09. The van der Waals surface area contributed by atoms with Crippen molar-refractivity contribution in [3.63, 3.8) is 0 Å². The van der Waals surface area contributed by atoms with E-state index in [0.29, 0.717) is 54.8 Å². The number of aromatic nitrogens is 8. The third-order valence-electron chi connectivity index (χ3n) is 8.09. The molecule has 1 aliphatic rings. The quantitative estimate of drug-likeness (QED) is 0.167. The Bertz CT molecular complexity index is 1950. The van der Waals surface area contributed by atoms with E-state index in [1.807, 2.05) is 0 Å². The molecule has 1 saturated heterocycles. The van der Waals surface area contributed by atoms with E-state index in [2.05, 4.69) is 40.0 Å². The maximum Gasteiger partial charge on any atom is 0.358 e. The Balaban J connectivity index is 1.66. The molecule has 0 bridgehead atoms. The van der Waals surface area contributed by atoms with Gasteiger partial charge in [-0.15, -0.1) is 5.10 Å². The monoisotopic (exact) mass is 623 g/mol. The molecular formula is C30H37FN8O4Si. The number of pyridine rings is 2. The minimum atomic E-state index is -2.56. The van der Waals surface area contributed by atoms with Crippen LogP contribution in [0.3, 0.4) is 0 Å². The standard InChI is InChI=1S/C30H37FN8O4Si/c1-18-26(37(2)36-34-18)20-15-22-24(33-16-20)28-29(25(30(40)41)35-38(28)17-43-13-14-44(3,4)5)39(22)27(19-8-11-42-12-9-19)23-21(31)7-6-10-32-23/h6-7,10,15-16,19,27H,8-9,11-14,17H2,1-5H3,(H,40,41)/i1D3. The average Bonchev–Trinajstić information content (AvgIpc) is 3.68. The van der Waals surface area contributed by atoms with Crippen molar-refractivity contribution < 1.29 is 27.9 Å². The highest BCUT2D eigenvalue weighted by Crippen LogP contribution is 2.42. The third kappa shape index (κ3) is 5.52. The number of carbonyl (C=O) groups is 1. The van der Waals surface area contributed by atoms with Crippen LogP contribution in [0, 0.1) is 18.6 Å². The van der Waals surface area contributed by atoms with Gasteiger partial charge in [0.15, 0.2) is 5.69 Å². The number of hydrogen-bond donors (Lipinski definition) is 1. The molecule has 0 aromatic carbocycles. The molecule has 6 rings (SSSR count). The van der Waals surface area contributed by atoms with Gasteiger partial charge in [0.05, 0.1) is 28.6 Å². The molecule has 0 spiro atoms. The number of hydrogen-bond acceptors (Lipinski definition) is 8. The van der Waals surface area contributed by atoms with Crippen LogP contribution in [0.15, 0.2) is 30.6 Å². The van der Waals surface area contributed by atoms with Gasteiger partial charge in [-0.2, -0.15) is 5.10 Å². The molecule has 1 atom stereocenters. The SMILES string of the molecule is [2H]C([2H])([2H])c1nnn(C)c1-c1cnc2c3c(c(C(=O)O)nn3COCC[Si](C)(C)C)n(C(c3ncccc3F)C3CCOCC3)c2c1. The number of rotatable bonds is 10. The molecule has 1 fully saturated rings. The van der Waals surface area contributed by atoms with Crippen LogP contribution in [0.4, 0.5) is 4.39 Å². The maximum absolute atomic E-state index is 15.7. The molecule has 12 nitrogen and oxygen atoms in total. The Labute approximate surface area is 259 Å². The number of fused-ring (bicyclic) bond motifs is 3. The Hall–Kier alpha value is -4.01. The van der Waals surface area contributed by atoms with Crippen molar-refractivity contribution in [3.8, 4) is 11.3 Å². The van der Waals surface area contributed by atoms with Gasteiger partial charge in [0.1, 0.15) is 29.1 Å². The van der Waals surface area contributed by atoms with Gasteiger partial charge in [-0.25, -0.2) is 18.5 Å². The predicted molar refractivity (Wildman–Crippen MR) is 165 cm³/mol. The third-order valence-corrected chi connectivity index (χ3v) is 9.79. The first-order valence-electron chi connectivity index (χ1n) is 16.1. The van der Waals surface area contributed by atoms with Crippen LogP contribution in [0.1, 0.15) is 44.9 Å². The van der Waals surface area contributed by atoms with E-state index in [1.165, 1.54) is 33.9 Å². The Morgan fingerprint density at radius 1 is 1.27 bits per heavy atom. The summed E-state index contributed by atoms with van der Waals surface area (Å²) in [5, 5.41) is 22.8. The zero-order valence-electron chi connectivity index (χ0n) is 28.1. The fraction of sp³-hybridized carbons (Fsp3) is 0.467. The van der Waals surface area contributed by atoms with Crippen LogP contribution in [-0.4, -0.2) is 78.3 Å². The number of aryl methyl sites for hydroxylation is 2. The fourth-order valence-corrected chi connectivity index (χ4v) is 6.68. The summed E-state index contributed by atoms with van der Waals surface area (Å²) in [5.74, 6) is -2.00. The van der Waals surface area contributed by atoms with Gasteiger partial charge in [-0.1, -0.05) is 24.9 Å². The summed E-state index contributed by atoms with van der Waals surface area (Å²) in [6.07, 6.45) is 4.16. The van der Waals surface area contributed by atoms with Gasteiger partial charge in [0.25, 0.3) is 0 Å². The highest BCUT2D eigenvalue weighted by atomic mass is 28.3. The molecule has 0 amide bonds. The predicted octanol–water partition coefficient (Wildman–Crippen LogP) is 5.05. The molecule has 44 heavy (non-hydrogen) atoms. The largest absolute Gasteiger partial charge is 0.476 e. The van der Waals surface area contributed by atoms with Gasteiger partial charge in [-0.05, 0) is 49.9 Å². The number of nitrogens with zero attached hydrogens (tertiary/aromatic N) is 8. The number of halogens is 1. The number of carboxylic acids is 1. The Morgan fingerprint density at radius 2 is 2.07 bits per heavy atom. The zero-order chi connectivity index (χ0) is 33.7. The van der Waals surface area contributed by atoms with E-state index in [1.54, 1.807) is 17.7 Å². The summed E-state index contributed by atoms with van der Waals surface area (Å²) in [6, 6.07) is 4.70. The molecule has 6 heterocycles. The normalized spacial score (nSPS) is 16.7. The maximum atomic E-state index is 15.7. The first-order chi connectivity index (χ1) is 22.3. The van der Waals surface area contributed by atoms with E-state index in [9.17, 15) is 9.90 Å². The first-order valence-corrected chi connectivity index (χ1v) is 18.3. The van der Waals surface area contributed by atoms with Gasteiger partial charge >= 0.3 is 5.97 Å². The van der Waals surface area contributed by atoms with Gasteiger partial charge in [-0.3, -0.25) is 9.97 Å². The lowest BCUT2D eigenvalue weighted by Crippen LogP contribution is -2.28. The number of carboxylic acid groups (broad SMARTS) is 1. The molecular weight excluding hydrogens is 583 g/mol. The summed E-state index contributed by atoms with van der Waals surface area (Å²) in [5.41, 5.74) is 1.83. The zero-order valence-corrected chi connectivity index (χ0v) is 26.1. The highest BCUT2D eigenvalue weighted by molar-refractivity contribution is 6.76. The summed E-state index contributed by atoms with van der Waals surface area (Å²) < 4.78 is 56.2. The lowest BCUT2D eigenvalue weighted by atomic mass is 9.88. The second kappa shape index (κ2) is 11.8.